The van der Waals surface area contributed by atoms with Crippen molar-refractivity contribution in [2.24, 2.45) is 0 Å². The molecule has 1 heterocycles. The molecule has 0 amide bonds. The van der Waals surface area contributed by atoms with Crippen LogP contribution in [0.1, 0.15) is 31.2 Å². The van der Waals surface area contributed by atoms with Crippen LogP contribution < -0.4 is 20.9 Å². The van der Waals surface area contributed by atoms with Gasteiger partial charge in [0.2, 0.25) is 5.95 Å². The van der Waals surface area contributed by atoms with Gasteiger partial charge in [0, 0.05) is 37.4 Å². The van der Waals surface area contributed by atoms with E-state index in [0.29, 0.717) is 5.95 Å². The third kappa shape index (κ3) is 6.57. The third-order valence-electron chi connectivity index (χ3n) is 5.03. The lowest BCUT2D eigenvalue weighted by Gasteiger charge is -2.30. The average molecular weight is 473 g/mol. The molecule has 1 aliphatic carbocycles. The summed E-state index contributed by atoms with van der Waals surface area (Å²) in [5, 5.41) is 9.32. The van der Waals surface area contributed by atoms with E-state index in [1.54, 1.807) is 6.20 Å². The maximum absolute atomic E-state index is 13.2. The Hall–Kier alpha value is -2.33. The Kier molecular flexibility index (Phi) is 7.42. The van der Waals surface area contributed by atoms with Crippen LogP contribution in [0.3, 0.4) is 0 Å². The number of benzene rings is 1. The maximum atomic E-state index is 13.2. The number of anilines is 3. The van der Waals surface area contributed by atoms with Gasteiger partial charge in [-0.2, -0.15) is 18.2 Å². The normalized spacial score (nSPS) is 18.9. The topological polar surface area (TPSA) is 65.1 Å². The highest BCUT2D eigenvalue weighted by molar-refractivity contribution is 7.80. The van der Waals surface area contributed by atoms with E-state index < -0.39 is 11.7 Å². The van der Waals surface area contributed by atoms with Gasteiger partial charge in [0.05, 0.1) is 11.3 Å². The molecule has 1 aromatic heterocycles. The van der Waals surface area contributed by atoms with Crippen LogP contribution in [0.5, 0.6) is 0 Å². The molecule has 1 aliphatic rings. The van der Waals surface area contributed by atoms with Crippen molar-refractivity contribution in [1.82, 2.24) is 15.3 Å². The van der Waals surface area contributed by atoms with Gasteiger partial charge < -0.3 is 20.9 Å². The van der Waals surface area contributed by atoms with Crippen LogP contribution in [-0.2, 0) is 6.18 Å². The number of halogens is 4. The summed E-state index contributed by atoms with van der Waals surface area (Å²) in [7, 11) is 3.84. The van der Waals surface area contributed by atoms with E-state index in [4.69, 9.17) is 23.8 Å². The van der Waals surface area contributed by atoms with E-state index in [2.05, 4.69) is 25.9 Å². The fourth-order valence-electron chi connectivity index (χ4n) is 3.44. The molecule has 3 N–H and O–H groups in total. The van der Waals surface area contributed by atoms with Crippen LogP contribution in [0.4, 0.5) is 30.6 Å². The summed E-state index contributed by atoms with van der Waals surface area (Å²) in [6.07, 6.45) is 0.556. The van der Waals surface area contributed by atoms with Crippen LogP contribution in [0.2, 0.25) is 5.02 Å². The Balaban J connectivity index is 1.51. The molecule has 0 atom stereocenters. The summed E-state index contributed by atoms with van der Waals surface area (Å²) in [5.74, 6) is 1.41. The number of hydrogen-bond donors (Lipinski definition) is 3. The summed E-state index contributed by atoms with van der Waals surface area (Å²) in [4.78, 5) is 10.6. The molecule has 3 rings (SSSR count). The summed E-state index contributed by atoms with van der Waals surface area (Å²) in [6.45, 7) is 0. The molecule has 31 heavy (non-hydrogen) atoms. The number of alkyl halides is 3. The summed E-state index contributed by atoms with van der Waals surface area (Å²) >= 11 is 11.0. The third-order valence-corrected chi connectivity index (χ3v) is 5.48. The monoisotopic (exact) mass is 472 g/mol. The molecule has 0 radical (unpaired) electrons. The molecule has 168 valence electrons. The highest BCUT2D eigenvalue weighted by Gasteiger charge is 2.34. The van der Waals surface area contributed by atoms with Crippen LogP contribution in [0.25, 0.3) is 0 Å². The molecule has 6 nitrogen and oxygen atoms in total. The van der Waals surface area contributed by atoms with Crippen LogP contribution in [0, 0.1) is 0 Å². The molecule has 11 heteroatoms. The van der Waals surface area contributed by atoms with E-state index in [1.807, 2.05) is 25.1 Å². The van der Waals surface area contributed by atoms with Crippen molar-refractivity contribution in [3.63, 3.8) is 0 Å². The van der Waals surface area contributed by atoms with E-state index in [0.717, 1.165) is 37.6 Å². The van der Waals surface area contributed by atoms with E-state index in [1.165, 1.54) is 12.1 Å². The van der Waals surface area contributed by atoms with E-state index in [-0.39, 0.29) is 27.9 Å². The van der Waals surface area contributed by atoms with Crippen molar-refractivity contribution < 1.29 is 13.2 Å². The second-order valence-electron chi connectivity index (χ2n) is 7.61. The zero-order chi connectivity index (χ0) is 22.6. The molecule has 0 bridgehead atoms. The molecule has 1 fully saturated rings. The average Bonchev–Trinajstić information content (AvgIpc) is 2.70. The molecule has 1 saturated carbocycles. The Bertz CT molecular complexity index is 916. The quantitative estimate of drug-likeness (QED) is 0.533. The van der Waals surface area contributed by atoms with Crippen molar-refractivity contribution in [1.29, 1.82) is 0 Å². The predicted molar refractivity (Wildman–Crippen MR) is 122 cm³/mol. The summed E-state index contributed by atoms with van der Waals surface area (Å²) in [6, 6.07) is 5.70. The number of aromatic nitrogens is 2. The maximum Gasteiger partial charge on any atom is 0.418 e. The lowest BCUT2D eigenvalue weighted by molar-refractivity contribution is -0.136. The molecule has 2 aromatic rings. The van der Waals surface area contributed by atoms with Gasteiger partial charge in [-0.1, -0.05) is 11.6 Å². The molecule has 0 unspecified atom stereocenters. The zero-order valence-corrected chi connectivity index (χ0v) is 18.7. The number of nitrogens with zero attached hydrogens (tertiary/aromatic N) is 3. The Labute approximate surface area is 189 Å². The predicted octanol–water partition coefficient (Wildman–Crippen LogP) is 4.92. The second kappa shape index (κ2) is 9.86. The van der Waals surface area contributed by atoms with Crippen molar-refractivity contribution in [3.8, 4) is 0 Å². The van der Waals surface area contributed by atoms with Gasteiger partial charge in [-0.05, 0) is 62.2 Å². The molecular weight excluding hydrogens is 449 g/mol. The molecular formula is C20H24ClF3N6S. The molecule has 1 aromatic carbocycles. The van der Waals surface area contributed by atoms with Gasteiger partial charge >= 0.3 is 6.18 Å². The number of thiocarbonyl (C=S) groups is 1. The lowest BCUT2D eigenvalue weighted by Crippen LogP contribution is -2.42. The minimum Gasteiger partial charge on any atom is -0.363 e. The fourth-order valence-corrected chi connectivity index (χ4v) is 3.88. The largest absolute Gasteiger partial charge is 0.418 e. The minimum absolute atomic E-state index is 0.0164. The lowest BCUT2D eigenvalue weighted by atomic mass is 9.91. The molecule has 0 saturated heterocycles. The van der Waals surface area contributed by atoms with Gasteiger partial charge in [0.1, 0.15) is 5.82 Å². The zero-order valence-electron chi connectivity index (χ0n) is 17.1. The second-order valence-corrected chi connectivity index (χ2v) is 8.46. The van der Waals surface area contributed by atoms with E-state index in [9.17, 15) is 13.2 Å². The van der Waals surface area contributed by atoms with Gasteiger partial charge in [0.25, 0.3) is 0 Å². The first-order valence-electron chi connectivity index (χ1n) is 9.83. The number of hydrogen-bond acceptors (Lipinski definition) is 5. The standard InChI is InChI=1S/C20H24ClF3N6S/c1-30(2)17-9-10-25-18(29-17)26-13-4-6-14(7-5-13)27-19(31)28-16-8-3-12(21)11-15(16)20(22,23)24/h3,8-11,13-14H,4-7H2,1-2H3,(H,25,26,29)(H2,27,28,31). The first-order chi connectivity index (χ1) is 14.6. The van der Waals surface area contributed by atoms with Crippen molar-refractivity contribution in [3.05, 3.63) is 41.0 Å². The van der Waals surface area contributed by atoms with Gasteiger partial charge in [-0.3, -0.25) is 0 Å². The minimum atomic E-state index is -4.53. The fraction of sp³-hybridized carbons (Fsp3) is 0.450. The Morgan fingerprint density at radius 2 is 1.81 bits per heavy atom. The Morgan fingerprint density at radius 1 is 1.13 bits per heavy atom. The van der Waals surface area contributed by atoms with Gasteiger partial charge in [0.15, 0.2) is 5.11 Å². The SMILES string of the molecule is CN(C)c1ccnc(NC2CCC(NC(=S)Nc3ccc(Cl)cc3C(F)(F)F)CC2)n1. The van der Waals surface area contributed by atoms with Crippen molar-refractivity contribution in [2.75, 3.05) is 29.6 Å². The van der Waals surface area contributed by atoms with Gasteiger partial charge in [-0.15, -0.1) is 0 Å². The first kappa shape index (κ1) is 23.3. The summed E-state index contributed by atoms with van der Waals surface area (Å²) < 4.78 is 39.7. The summed E-state index contributed by atoms with van der Waals surface area (Å²) in [5.41, 5.74) is -0.973. The van der Waals surface area contributed by atoms with E-state index >= 15 is 0 Å². The molecule has 0 spiro atoms. The highest BCUT2D eigenvalue weighted by Crippen LogP contribution is 2.36. The molecule has 0 aliphatic heterocycles. The van der Waals surface area contributed by atoms with Crippen LogP contribution in [-0.4, -0.2) is 41.3 Å². The van der Waals surface area contributed by atoms with Gasteiger partial charge in [-0.25, -0.2) is 4.98 Å². The van der Waals surface area contributed by atoms with Crippen molar-refractivity contribution >= 4 is 46.4 Å². The number of rotatable bonds is 5. The Morgan fingerprint density at radius 3 is 2.45 bits per heavy atom. The number of nitrogens with one attached hydrogen (secondary N) is 3. The van der Waals surface area contributed by atoms with Crippen LogP contribution in [0.15, 0.2) is 30.5 Å². The smallest absolute Gasteiger partial charge is 0.363 e. The first-order valence-corrected chi connectivity index (χ1v) is 10.6. The van der Waals surface area contributed by atoms with Crippen LogP contribution >= 0.6 is 23.8 Å². The highest BCUT2D eigenvalue weighted by atomic mass is 35.5. The van der Waals surface area contributed by atoms with Crippen molar-refractivity contribution in [2.45, 2.75) is 43.9 Å².